The molecule has 2 aromatic rings. The van der Waals surface area contributed by atoms with E-state index in [2.05, 4.69) is 72.5 Å². The predicted octanol–water partition coefficient (Wildman–Crippen LogP) is 3.64. The molecule has 0 saturated carbocycles. The molecule has 0 fully saturated rings. The third-order valence-electron chi connectivity index (χ3n) is 5.68. The van der Waals surface area contributed by atoms with Gasteiger partial charge in [-0.3, -0.25) is 4.99 Å². The number of rotatable bonds is 10. The van der Waals surface area contributed by atoms with Crippen molar-refractivity contribution in [2.24, 2.45) is 4.99 Å². The Bertz CT molecular complexity index is 775. The van der Waals surface area contributed by atoms with Crippen molar-refractivity contribution in [1.29, 1.82) is 0 Å². The molecule has 7 nitrogen and oxygen atoms in total. The molecular formula is C23H38IN7. The van der Waals surface area contributed by atoms with Crippen LogP contribution in [0.1, 0.15) is 50.7 Å². The van der Waals surface area contributed by atoms with Gasteiger partial charge in [-0.2, -0.15) is 0 Å². The number of aromatic nitrogens is 3. The number of aryl methyl sites for hydroxylation is 2. The lowest BCUT2D eigenvalue weighted by atomic mass is 10.2. The smallest absolute Gasteiger partial charge is 0.190 e. The van der Waals surface area contributed by atoms with E-state index in [1.807, 2.05) is 7.05 Å². The highest BCUT2D eigenvalue weighted by atomic mass is 127. The normalized spacial score (nSPS) is 13.7. The zero-order valence-electron chi connectivity index (χ0n) is 19.0. The van der Waals surface area contributed by atoms with E-state index in [-0.39, 0.29) is 24.0 Å². The summed E-state index contributed by atoms with van der Waals surface area (Å²) in [6.45, 7) is 7.11. The van der Waals surface area contributed by atoms with E-state index >= 15 is 0 Å². The molecule has 0 spiro atoms. The highest BCUT2D eigenvalue weighted by Crippen LogP contribution is 2.15. The van der Waals surface area contributed by atoms with Gasteiger partial charge in [-0.25, -0.2) is 0 Å². The fraction of sp³-hybridized carbons (Fsp3) is 0.609. The zero-order valence-corrected chi connectivity index (χ0v) is 21.3. The Kier molecular flexibility index (Phi) is 11.7. The molecular weight excluding hydrogens is 501 g/mol. The van der Waals surface area contributed by atoms with Crippen LogP contribution in [0.3, 0.4) is 0 Å². The molecule has 0 unspecified atom stereocenters. The molecule has 8 heteroatoms. The minimum absolute atomic E-state index is 0. The number of nitrogens with one attached hydrogen (secondary N) is 2. The summed E-state index contributed by atoms with van der Waals surface area (Å²) < 4.78 is 2.34. The van der Waals surface area contributed by atoms with Crippen molar-refractivity contribution >= 4 is 35.6 Å². The molecule has 0 radical (unpaired) electrons. The molecule has 0 saturated heterocycles. The maximum atomic E-state index is 4.42. The van der Waals surface area contributed by atoms with Crippen LogP contribution in [0.25, 0.3) is 0 Å². The maximum absolute atomic E-state index is 4.42. The van der Waals surface area contributed by atoms with Gasteiger partial charge < -0.3 is 20.1 Å². The Hall–Kier alpha value is -1.84. The summed E-state index contributed by atoms with van der Waals surface area (Å²) in [5.74, 6) is 3.18. The summed E-state index contributed by atoms with van der Waals surface area (Å²) >= 11 is 0. The molecule has 2 heterocycles. The van der Waals surface area contributed by atoms with Crippen molar-refractivity contribution in [3.8, 4) is 0 Å². The number of guanidine groups is 1. The number of hydrogen-bond donors (Lipinski definition) is 2. The second-order valence-corrected chi connectivity index (χ2v) is 7.79. The summed E-state index contributed by atoms with van der Waals surface area (Å²) in [5.41, 5.74) is 1.29. The molecule has 172 valence electrons. The van der Waals surface area contributed by atoms with Gasteiger partial charge in [-0.05, 0) is 44.7 Å². The van der Waals surface area contributed by atoms with E-state index in [1.54, 1.807) is 0 Å². The van der Waals surface area contributed by atoms with E-state index in [0.717, 1.165) is 70.2 Å². The lowest BCUT2D eigenvalue weighted by molar-refractivity contribution is 0.593. The van der Waals surface area contributed by atoms with E-state index in [4.69, 9.17) is 0 Å². The molecule has 0 aliphatic carbocycles. The van der Waals surface area contributed by atoms with Crippen LogP contribution in [0.15, 0.2) is 35.3 Å². The number of halogens is 1. The molecule has 1 aromatic heterocycles. The summed E-state index contributed by atoms with van der Waals surface area (Å²) in [7, 11) is 1.83. The standard InChI is InChI=1S/C23H37N7.HI/c1-3-29(20-12-6-4-7-13-20)18-11-17-26-23(24-2)25-16-10-15-22-28-27-21-14-8-5-9-19-30(21)22;/h4,6-7,12-13H,3,5,8-11,14-19H2,1-2H3,(H2,24,25,26);1H. The number of fused-ring (bicyclic) bond motifs is 1. The van der Waals surface area contributed by atoms with Gasteiger partial charge in [0.15, 0.2) is 5.96 Å². The largest absolute Gasteiger partial charge is 0.372 e. The second-order valence-electron chi connectivity index (χ2n) is 7.79. The van der Waals surface area contributed by atoms with Crippen LogP contribution in [0, 0.1) is 0 Å². The monoisotopic (exact) mass is 539 g/mol. The first-order valence-electron chi connectivity index (χ1n) is 11.5. The Labute approximate surface area is 204 Å². The van der Waals surface area contributed by atoms with Crippen LogP contribution in [0.2, 0.25) is 0 Å². The van der Waals surface area contributed by atoms with Gasteiger partial charge in [-0.15, -0.1) is 34.2 Å². The summed E-state index contributed by atoms with van der Waals surface area (Å²) in [6, 6.07) is 10.6. The fourth-order valence-electron chi connectivity index (χ4n) is 3.99. The topological polar surface area (TPSA) is 70.4 Å². The third-order valence-corrected chi connectivity index (χ3v) is 5.68. The Balaban J connectivity index is 0.00000341. The van der Waals surface area contributed by atoms with Crippen molar-refractivity contribution in [2.75, 3.05) is 38.1 Å². The average Bonchev–Trinajstić information content (AvgIpc) is 3.01. The van der Waals surface area contributed by atoms with Crippen LogP contribution in [-0.4, -0.2) is 54.0 Å². The molecule has 3 rings (SSSR count). The number of hydrogen-bond acceptors (Lipinski definition) is 4. The highest BCUT2D eigenvalue weighted by molar-refractivity contribution is 14.0. The van der Waals surface area contributed by atoms with Gasteiger partial charge in [0.05, 0.1) is 0 Å². The van der Waals surface area contributed by atoms with Crippen LogP contribution in [0.4, 0.5) is 5.69 Å². The first-order chi connectivity index (χ1) is 14.8. The summed E-state index contributed by atoms with van der Waals surface area (Å²) in [6.07, 6.45) is 7.90. The molecule has 31 heavy (non-hydrogen) atoms. The SMILES string of the molecule is CCN(CCCNC(=NC)NCCCc1nnc2n1CCCCC2)c1ccccc1.I. The van der Waals surface area contributed by atoms with Crippen LogP contribution < -0.4 is 15.5 Å². The zero-order chi connectivity index (χ0) is 21.0. The molecule has 0 atom stereocenters. The number of aliphatic imine (C=N–C) groups is 1. The number of benzene rings is 1. The van der Waals surface area contributed by atoms with Crippen molar-refractivity contribution < 1.29 is 0 Å². The first-order valence-corrected chi connectivity index (χ1v) is 11.5. The second kappa shape index (κ2) is 14.3. The van der Waals surface area contributed by atoms with Crippen molar-refractivity contribution in [2.45, 2.75) is 58.4 Å². The van der Waals surface area contributed by atoms with Crippen LogP contribution in [0.5, 0.6) is 0 Å². The van der Waals surface area contributed by atoms with E-state index in [9.17, 15) is 0 Å². The van der Waals surface area contributed by atoms with Crippen LogP contribution in [-0.2, 0) is 19.4 Å². The van der Waals surface area contributed by atoms with Crippen molar-refractivity contribution in [3.05, 3.63) is 42.0 Å². The Morgan fingerprint density at radius 3 is 2.58 bits per heavy atom. The van der Waals surface area contributed by atoms with E-state index in [1.165, 1.54) is 30.8 Å². The predicted molar refractivity (Wildman–Crippen MR) is 140 cm³/mol. The minimum atomic E-state index is 0. The van der Waals surface area contributed by atoms with Gasteiger partial charge in [0, 0.05) is 58.3 Å². The minimum Gasteiger partial charge on any atom is -0.372 e. The fourth-order valence-corrected chi connectivity index (χ4v) is 3.99. The van der Waals surface area contributed by atoms with E-state index in [0.29, 0.717) is 0 Å². The molecule has 0 amide bonds. The Morgan fingerprint density at radius 2 is 1.84 bits per heavy atom. The van der Waals surface area contributed by atoms with Crippen LogP contribution >= 0.6 is 24.0 Å². The molecule has 0 bridgehead atoms. The lowest BCUT2D eigenvalue weighted by Crippen LogP contribution is -2.39. The molecule has 1 aliphatic rings. The number of nitrogens with zero attached hydrogens (tertiary/aromatic N) is 5. The van der Waals surface area contributed by atoms with Crippen molar-refractivity contribution in [1.82, 2.24) is 25.4 Å². The molecule has 2 N–H and O–H groups in total. The highest BCUT2D eigenvalue weighted by Gasteiger charge is 2.14. The third kappa shape index (κ3) is 7.97. The van der Waals surface area contributed by atoms with Gasteiger partial charge in [0.25, 0.3) is 0 Å². The van der Waals surface area contributed by atoms with Gasteiger partial charge in [0.2, 0.25) is 0 Å². The summed E-state index contributed by atoms with van der Waals surface area (Å²) in [5, 5.41) is 15.7. The van der Waals surface area contributed by atoms with E-state index < -0.39 is 0 Å². The molecule has 1 aliphatic heterocycles. The summed E-state index contributed by atoms with van der Waals surface area (Å²) in [4.78, 5) is 6.75. The van der Waals surface area contributed by atoms with Gasteiger partial charge >= 0.3 is 0 Å². The maximum Gasteiger partial charge on any atom is 0.190 e. The Morgan fingerprint density at radius 1 is 1.06 bits per heavy atom. The van der Waals surface area contributed by atoms with Gasteiger partial charge in [-0.1, -0.05) is 24.6 Å². The van der Waals surface area contributed by atoms with Crippen molar-refractivity contribution in [3.63, 3.8) is 0 Å². The molecule has 1 aromatic carbocycles. The number of anilines is 1. The number of para-hydroxylation sites is 1. The lowest BCUT2D eigenvalue weighted by Gasteiger charge is -2.23. The average molecular weight is 540 g/mol. The quantitative estimate of drug-likeness (QED) is 0.209. The van der Waals surface area contributed by atoms with Gasteiger partial charge in [0.1, 0.15) is 11.6 Å². The first kappa shape index (κ1) is 25.4.